The summed E-state index contributed by atoms with van der Waals surface area (Å²) < 4.78 is 39.1. The van der Waals surface area contributed by atoms with Crippen molar-refractivity contribution in [2.24, 2.45) is 0 Å². The van der Waals surface area contributed by atoms with Crippen LogP contribution in [0.2, 0.25) is 0 Å². The first-order valence-electron chi connectivity index (χ1n) is 13.1. The molecule has 3 rings (SSSR count). The zero-order valence-electron chi connectivity index (χ0n) is 23.4. The van der Waals surface area contributed by atoms with E-state index in [2.05, 4.69) is 5.32 Å². The second kappa shape index (κ2) is 14.4. The SMILES string of the molecule is CCCCNC(=O)[C@@H](C)N(Cc1ccc(OC)cc1)C(=O)CN(c1ccc(OC)cc1)S(=O)(=O)c1ccccc1. The lowest BCUT2D eigenvalue weighted by molar-refractivity contribution is -0.139. The summed E-state index contributed by atoms with van der Waals surface area (Å²) in [5.74, 6) is 0.374. The number of nitrogens with one attached hydrogen (secondary N) is 1. The number of sulfonamides is 1. The normalized spacial score (nSPS) is 11.8. The van der Waals surface area contributed by atoms with Crippen molar-refractivity contribution in [1.29, 1.82) is 0 Å². The summed E-state index contributed by atoms with van der Waals surface area (Å²) in [5, 5.41) is 2.88. The minimum absolute atomic E-state index is 0.0469. The number of hydrogen-bond acceptors (Lipinski definition) is 6. The second-order valence-electron chi connectivity index (χ2n) is 9.21. The van der Waals surface area contributed by atoms with E-state index in [1.54, 1.807) is 68.6 Å². The lowest BCUT2D eigenvalue weighted by Crippen LogP contribution is -2.51. The van der Waals surface area contributed by atoms with E-state index in [1.807, 2.05) is 19.1 Å². The van der Waals surface area contributed by atoms with Crippen molar-refractivity contribution in [1.82, 2.24) is 10.2 Å². The Morgan fingerprint density at radius 2 is 1.45 bits per heavy atom. The molecule has 0 aliphatic carbocycles. The van der Waals surface area contributed by atoms with Gasteiger partial charge in [0.05, 0.1) is 24.8 Å². The largest absolute Gasteiger partial charge is 0.497 e. The van der Waals surface area contributed by atoms with Gasteiger partial charge in [-0.05, 0) is 67.4 Å². The maximum atomic E-state index is 13.9. The van der Waals surface area contributed by atoms with Gasteiger partial charge in [0.1, 0.15) is 24.1 Å². The van der Waals surface area contributed by atoms with Gasteiger partial charge < -0.3 is 19.7 Å². The molecule has 0 aliphatic heterocycles. The third-order valence-electron chi connectivity index (χ3n) is 6.48. The number of anilines is 1. The Hall–Kier alpha value is -4.05. The fourth-order valence-electron chi connectivity index (χ4n) is 4.04. The summed E-state index contributed by atoms with van der Waals surface area (Å²) in [4.78, 5) is 28.4. The van der Waals surface area contributed by atoms with Gasteiger partial charge in [-0.3, -0.25) is 13.9 Å². The first kappa shape index (κ1) is 30.5. The van der Waals surface area contributed by atoms with Crippen LogP contribution < -0.4 is 19.1 Å². The van der Waals surface area contributed by atoms with Gasteiger partial charge in [-0.2, -0.15) is 0 Å². The van der Waals surface area contributed by atoms with E-state index >= 15 is 0 Å². The standard InChI is InChI=1S/C30H37N3O6S/c1-5-6-20-31-30(35)23(2)32(21-24-12-16-26(38-3)17-13-24)29(34)22-33(25-14-18-27(39-4)19-15-25)40(36,37)28-10-8-7-9-11-28/h7-19,23H,5-6,20-22H2,1-4H3,(H,31,35)/t23-/m1/s1. The molecular formula is C30H37N3O6S. The smallest absolute Gasteiger partial charge is 0.264 e. The van der Waals surface area contributed by atoms with E-state index < -0.39 is 28.5 Å². The Bertz CT molecular complexity index is 1350. The number of rotatable bonds is 14. The third kappa shape index (κ3) is 7.75. The highest BCUT2D eigenvalue weighted by Crippen LogP contribution is 2.26. The Kier molecular flexibility index (Phi) is 11.0. The van der Waals surface area contributed by atoms with Gasteiger partial charge in [-0.1, -0.05) is 43.7 Å². The predicted molar refractivity (Wildman–Crippen MR) is 155 cm³/mol. The Morgan fingerprint density at radius 3 is 2.00 bits per heavy atom. The second-order valence-corrected chi connectivity index (χ2v) is 11.1. The van der Waals surface area contributed by atoms with E-state index in [0.29, 0.717) is 23.7 Å². The summed E-state index contributed by atoms with van der Waals surface area (Å²) in [6, 6.07) is 20.7. The van der Waals surface area contributed by atoms with Crippen LogP contribution in [0.3, 0.4) is 0 Å². The third-order valence-corrected chi connectivity index (χ3v) is 8.27. The number of amides is 2. The van der Waals surface area contributed by atoms with Crippen LogP contribution in [0.1, 0.15) is 32.3 Å². The molecule has 0 radical (unpaired) electrons. The van der Waals surface area contributed by atoms with E-state index in [-0.39, 0.29) is 17.3 Å². The minimum Gasteiger partial charge on any atom is -0.497 e. The molecule has 3 aromatic rings. The van der Waals surface area contributed by atoms with E-state index in [4.69, 9.17) is 9.47 Å². The predicted octanol–water partition coefficient (Wildman–Crippen LogP) is 4.23. The molecule has 1 atom stereocenters. The zero-order chi connectivity index (χ0) is 29.1. The van der Waals surface area contributed by atoms with Crippen LogP contribution in [-0.2, 0) is 26.2 Å². The highest BCUT2D eigenvalue weighted by molar-refractivity contribution is 7.92. The van der Waals surface area contributed by atoms with Crippen LogP contribution in [0.25, 0.3) is 0 Å². The molecular weight excluding hydrogens is 530 g/mol. The Labute approximate surface area is 236 Å². The molecule has 2 amide bonds. The molecule has 0 unspecified atom stereocenters. The molecule has 0 heterocycles. The summed E-state index contributed by atoms with van der Waals surface area (Å²) >= 11 is 0. The van der Waals surface area contributed by atoms with Crippen LogP contribution in [0.15, 0.2) is 83.8 Å². The van der Waals surface area contributed by atoms with Crippen molar-refractivity contribution in [2.45, 2.75) is 44.2 Å². The minimum atomic E-state index is -4.12. The molecule has 1 N–H and O–H groups in total. The van der Waals surface area contributed by atoms with Crippen LogP contribution in [0.5, 0.6) is 11.5 Å². The van der Waals surface area contributed by atoms with Gasteiger partial charge >= 0.3 is 0 Å². The Balaban J connectivity index is 1.98. The average molecular weight is 568 g/mol. The first-order valence-corrected chi connectivity index (χ1v) is 14.6. The highest BCUT2D eigenvalue weighted by Gasteiger charge is 2.32. The number of unbranched alkanes of at least 4 members (excludes halogenated alkanes) is 1. The molecule has 0 aliphatic rings. The fourth-order valence-corrected chi connectivity index (χ4v) is 5.48. The van der Waals surface area contributed by atoms with Gasteiger partial charge in [-0.15, -0.1) is 0 Å². The summed E-state index contributed by atoms with van der Waals surface area (Å²) in [7, 11) is -1.04. The van der Waals surface area contributed by atoms with Crippen molar-refractivity contribution >= 4 is 27.5 Å². The monoisotopic (exact) mass is 567 g/mol. The molecule has 0 spiro atoms. The topological polar surface area (TPSA) is 105 Å². The number of benzene rings is 3. The number of ether oxygens (including phenoxy) is 2. The highest BCUT2D eigenvalue weighted by atomic mass is 32.2. The molecule has 40 heavy (non-hydrogen) atoms. The van der Waals surface area contributed by atoms with Gasteiger partial charge in [-0.25, -0.2) is 8.42 Å². The molecule has 0 aromatic heterocycles. The summed E-state index contributed by atoms with van der Waals surface area (Å²) in [6.45, 7) is 3.76. The molecule has 0 fully saturated rings. The summed E-state index contributed by atoms with van der Waals surface area (Å²) in [5.41, 5.74) is 1.06. The molecule has 3 aromatic carbocycles. The molecule has 10 heteroatoms. The van der Waals surface area contributed by atoms with E-state index in [0.717, 1.165) is 22.7 Å². The van der Waals surface area contributed by atoms with Crippen LogP contribution >= 0.6 is 0 Å². The number of nitrogens with zero attached hydrogens (tertiary/aromatic N) is 2. The van der Waals surface area contributed by atoms with Crippen molar-refractivity contribution in [2.75, 3.05) is 31.6 Å². The fraction of sp³-hybridized carbons (Fsp3) is 0.333. The quantitative estimate of drug-likeness (QED) is 0.292. The molecule has 0 bridgehead atoms. The van der Waals surface area contributed by atoms with Crippen LogP contribution in [-0.4, -0.2) is 58.5 Å². The van der Waals surface area contributed by atoms with Crippen molar-refractivity contribution < 1.29 is 27.5 Å². The van der Waals surface area contributed by atoms with E-state index in [1.165, 1.54) is 24.1 Å². The lowest BCUT2D eigenvalue weighted by Gasteiger charge is -2.32. The van der Waals surface area contributed by atoms with Crippen molar-refractivity contribution in [3.63, 3.8) is 0 Å². The van der Waals surface area contributed by atoms with Crippen molar-refractivity contribution in [3.8, 4) is 11.5 Å². The van der Waals surface area contributed by atoms with Gasteiger partial charge in [0, 0.05) is 13.1 Å². The van der Waals surface area contributed by atoms with Gasteiger partial charge in [0.15, 0.2) is 0 Å². The van der Waals surface area contributed by atoms with Crippen molar-refractivity contribution in [3.05, 3.63) is 84.4 Å². The van der Waals surface area contributed by atoms with Gasteiger partial charge in [0.2, 0.25) is 11.8 Å². The summed E-state index contributed by atoms with van der Waals surface area (Å²) in [6.07, 6.45) is 1.72. The molecule has 0 saturated heterocycles. The average Bonchev–Trinajstić information content (AvgIpc) is 2.99. The van der Waals surface area contributed by atoms with Crippen LogP contribution in [0, 0.1) is 0 Å². The number of carbonyl (C=O) groups excluding carboxylic acids is 2. The van der Waals surface area contributed by atoms with E-state index in [9.17, 15) is 18.0 Å². The lowest BCUT2D eigenvalue weighted by atomic mass is 10.1. The number of hydrogen-bond donors (Lipinski definition) is 1. The Morgan fingerprint density at radius 1 is 0.875 bits per heavy atom. The molecule has 214 valence electrons. The number of methoxy groups -OCH3 is 2. The number of carbonyl (C=O) groups is 2. The first-order chi connectivity index (χ1) is 19.2. The maximum Gasteiger partial charge on any atom is 0.264 e. The van der Waals surface area contributed by atoms with Crippen LogP contribution in [0.4, 0.5) is 5.69 Å². The molecule has 0 saturated carbocycles. The molecule has 9 nitrogen and oxygen atoms in total. The van der Waals surface area contributed by atoms with Gasteiger partial charge in [0.25, 0.3) is 10.0 Å². The zero-order valence-corrected chi connectivity index (χ0v) is 24.2. The maximum absolute atomic E-state index is 13.9.